The summed E-state index contributed by atoms with van der Waals surface area (Å²) in [4.78, 5) is 46.3. The van der Waals surface area contributed by atoms with Gasteiger partial charge in [-0.1, -0.05) is 96.0 Å². The van der Waals surface area contributed by atoms with Gasteiger partial charge in [0.15, 0.2) is 0 Å². The fourth-order valence-electron chi connectivity index (χ4n) is 8.43. The molecule has 12 heteroatoms. The average Bonchev–Trinajstić information content (AvgIpc) is 3.22. The largest absolute Gasteiger partial charge is 0.391 e. The van der Waals surface area contributed by atoms with Gasteiger partial charge in [-0.15, -0.1) is 0 Å². The van der Waals surface area contributed by atoms with Crippen molar-refractivity contribution in [2.24, 2.45) is 17.8 Å². The topological polar surface area (TPSA) is 139 Å². The summed E-state index contributed by atoms with van der Waals surface area (Å²) < 4.78 is 22.9. The van der Waals surface area contributed by atoms with Gasteiger partial charge in [0, 0.05) is 52.2 Å². The van der Waals surface area contributed by atoms with Crippen molar-refractivity contribution in [2.45, 2.75) is 141 Å². The van der Waals surface area contributed by atoms with Crippen LogP contribution in [0.1, 0.15) is 110 Å². The predicted molar refractivity (Wildman–Crippen MR) is 218 cm³/mol. The van der Waals surface area contributed by atoms with Gasteiger partial charge in [-0.05, 0) is 62.5 Å². The summed E-state index contributed by atoms with van der Waals surface area (Å²) in [7, 11) is 1.60. The molecule has 56 heavy (non-hydrogen) atoms. The lowest BCUT2D eigenvalue weighted by molar-refractivity contribution is -0.157. The Bertz CT molecular complexity index is 1250. The molecule has 3 aliphatic rings. The van der Waals surface area contributed by atoms with Crippen molar-refractivity contribution in [2.75, 3.05) is 66.4 Å². The molecule has 0 bridgehead atoms. The van der Waals surface area contributed by atoms with Crippen LogP contribution in [0.15, 0.2) is 30.3 Å². The first kappa shape index (κ1) is 46.1. The molecule has 1 aromatic carbocycles. The lowest BCUT2D eigenvalue weighted by Gasteiger charge is -2.36. The van der Waals surface area contributed by atoms with Gasteiger partial charge in [0.25, 0.3) is 5.91 Å². The van der Waals surface area contributed by atoms with Gasteiger partial charge in [0.1, 0.15) is 19.0 Å². The maximum atomic E-state index is 14.4. The Morgan fingerprint density at radius 2 is 1.64 bits per heavy atom. The summed E-state index contributed by atoms with van der Waals surface area (Å²) in [6.45, 7) is 12.3. The monoisotopic (exact) mass is 787 g/mol. The number of hydrogen-bond acceptors (Lipinski definition) is 9. The molecule has 1 saturated carbocycles. The van der Waals surface area contributed by atoms with E-state index in [1.54, 1.807) is 7.11 Å². The van der Waals surface area contributed by atoms with E-state index in [0.717, 1.165) is 83.4 Å². The normalized spacial score (nSPS) is 20.3. The molecule has 1 aromatic rings. The first-order chi connectivity index (χ1) is 27.2. The molecule has 318 valence electrons. The SMILES string of the molecule is CCCC[C@H](O[C@@H](Cc1ccccc1)C(=O)N1CCC(OCOC)CC1)C(=O)NC(CC1CCCCC1)C(O)C[C@H](C(=O)NCCCN1CCOCC1)C(C)C. The zero-order valence-corrected chi connectivity index (χ0v) is 35.0. The third-order valence-corrected chi connectivity index (χ3v) is 12.0. The molecule has 3 fully saturated rings. The van der Waals surface area contributed by atoms with Crippen molar-refractivity contribution < 1.29 is 38.4 Å². The summed E-state index contributed by atoms with van der Waals surface area (Å²) in [5, 5.41) is 18.3. The van der Waals surface area contributed by atoms with Crippen LogP contribution in [0.5, 0.6) is 0 Å². The third kappa shape index (κ3) is 16.0. The standard InChI is InChI=1S/C44H74N4O8/c1-5-6-18-40(56-41(30-35-16-11-8-12-17-35)44(52)48-23-19-36(20-24-48)55-32-53-4)43(51)46-38(29-34-14-9-7-10-15-34)39(49)31-37(33(2)3)42(50)45-21-13-22-47-25-27-54-28-26-47/h8,11-12,16-17,33-34,36-41,49H,5-7,9-10,13-15,18-32H2,1-4H3,(H,45,50)(H,46,51)/t37-,38?,39?,40-,41-/m0/s1. The summed E-state index contributed by atoms with van der Waals surface area (Å²) in [5.41, 5.74) is 0.962. The van der Waals surface area contributed by atoms with E-state index in [1.165, 1.54) is 6.42 Å². The van der Waals surface area contributed by atoms with Crippen molar-refractivity contribution in [1.82, 2.24) is 20.4 Å². The number of hydrogen-bond donors (Lipinski definition) is 3. The molecule has 1 aliphatic carbocycles. The molecule has 12 nitrogen and oxygen atoms in total. The Morgan fingerprint density at radius 1 is 0.929 bits per heavy atom. The third-order valence-electron chi connectivity index (χ3n) is 12.0. The van der Waals surface area contributed by atoms with E-state index in [-0.39, 0.29) is 43.0 Å². The lowest BCUT2D eigenvalue weighted by Crippen LogP contribution is -2.52. The van der Waals surface area contributed by atoms with Crippen LogP contribution in [-0.2, 0) is 39.8 Å². The van der Waals surface area contributed by atoms with E-state index in [2.05, 4.69) is 22.5 Å². The van der Waals surface area contributed by atoms with E-state index in [0.29, 0.717) is 57.7 Å². The number of ether oxygens (including phenoxy) is 4. The zero-order chi connectivity index (χ0) is 40.1. The van der Waals surface area contributed by atoms with Crippen LogP contribution in [0.25, 0.3) is 0 Å². The molecule has 0 radical (unpaired) electrons. The zero-order valence-electron chi connectivity index (χ0n) is 35.0. The highest BCUT2D eigenvalue weighted by Gasteiger charge is 2.36. The Balaban J connectivity index is 1.46. The number of morpholine rings is 1. The van der Waals surface area contributed by atoms with Crippen LogP contribution in [0.3, 0.4) is 0 Å². The van der Waals surface area contributed by atoms with Gasteiger partial charge in [-0.25, -0.2) is 0 Å². The number of unbranched alkanes of at least 4 members (excludes halogenated alkanes) is 1. The fraction of sp³-hybridized carbons (Fsp3) is 0.795. The molecular weight excluding hydrogens is 713 g/mol. The number of methoxy groups -OCH3 is 1. The van der Waals surface area contributed by atoms with Gasteiger partial charge >= 0.3 is 0 Å². The number of nitrogens with one attached hydrogen (secondary N) is 2. The molecule has 3 amide bonds. The van der Waals surface area contributed by atoms with Crippen LogP contribution in [-0.4, -0.2) is 129 Å². The highest BCUT2D eigenvalue weighted by atomic mass is 16.7. The number of aliphatic hydroxyl groups is 1. The number of amides is 3. The van der Waals surface area contributed by atoms with E-state index in [1.807, 2.05) is 49.1 Å². The van der Waals surface area contributed by atoms with E-state index in [9.17, 15) is 19.5 Å². The van der Waals surface area contributed by atoms with E-state index in [4.69, 9.17) is 18.9 Å². The number of carbonyl (C=O) groups is 3. The molecular formula is C44H74N4O8. The molecule has 2 heterocycles. The number of piperidine rings is 1. The Labute approximate surface area is 337 Å². The minimum absolute atomic E-state index is 0.0110. The van der Waals surface area contributed by atoms with Crippen LogP contribution >= 0.6 is 0 Å². The minimum atomic E-state index is -0.914. The molecule has 4 rings (SSSR count). The Hall–Kier alpha value is -2.61. The van der Waals surface area contributed by atoms with Crippen molar-refractivity contribution >= 4 is 17.7 Å². The minimum Gasteiger partial charge on any atom is -0.391 e. The molecule has 0 aromatic heterocycles. The first-order valence-electron chi connectivity index (χ1n) is 21.8. The maximum absolute atomic E-state index is 14.4. The smallest absolute Gasteiger partial charge is 0.252 e. The number of carbonyl (C=O) groups excluding carboxylic acids is 3. The number of aliphatic hydroxyl groups excluding tert-OH is 1. The second-order valence-corrected chi connectivity index (χ2v) is 16.7. The van der Waals surface area contributed by atoms with Crippen molar-refractivity contribution in [3.05, 3.63) is 35.9 Å². The molecule has 5 atom stereocenters. The average molecular weight is 787 g/mol. The van der Waals surface area contributed by atoms with Crippen molar-refractivity contribution in [3.8, 4) is 0 Å². The van der Waals surface area contributed by atoms with Crippen LogP contribution in [0.4, 0.5) is 0 Å². The van der Waals surface area contributed by atoms with Crippen LogP contribution < -0.4 is 10.6 Å². The molecule has 0 spiro atoms. The van der Waals surface area contributed by atoms with Gasteiger partial charge < -0.3 is 39.6 Å². The molecule has 3 N–H and O–H groups in total. The van der Waals surface area contributed by atoms with Gasteiger partial charge in [-0.2, -0.15) is 0 Å². The molecule has 2 unspecified atom stereocenters. The van der Waals surface area contributed by atoms with E-state index < -0.39 is 30.3 Å². The van der Waals surface area contributed by atoms with Gasteiger partial charge in [-0.3, -0.25) is 19.3 Å². The number of benzene rings is 1. The van der Waals surface area contributed by atoms with Crippen LogP contribution in [0.2, 0.25) is 0 Å². The highest BCUT2D eigenvalue weighted by molar-refractivity contribution is 5.84. The second-order valence-electron chi connectivity index (χ2n) is 16.7. The Morgan fingerprint density at radius 3 is 2.30 bits per heavy atom. The summed E-state index contributed by atoms with van der Waals surface area (Å²) in [6, 6.07) is 9.27. The Kier molecular flexibility index (Phi) is 21.1. The molecule has 2 saturated heterocycles. The maximum Gasteiger partial charge on any atom is 0.252 e. The highest BCUT2D eigenvalue weighted by Crippen LogP contribution is 2.30. The van der Waals surface area contributed by atoms with Gasteiger partial charge in [0.2, 0.25) is 11.8 Å². The number of likely N-dealkylation sites (tertiary alicyclic amines) is 1. The quantitative estimate of drug-likeness (QED) is 0.0966. The lowest BCUT2D eigenvalue weighted by atomic mass is 9.81. The van der Waals surface area contributed by atoms with Crippen molar-refractivity contribution in [1.29, 1.82) is 0 Å². The summed E-state index contributed by atoms with van der Waals surface area (Å²) in [6.07, 6.45) is 8.61. The fourth-order valence-corrected chi connectivity index (χ4v) is 8.43. The second kappa shape index (κ2) is 25.7. The number of nitrogens with zero attached hydrogens (tertiary/aromatic N) is 2. The van der Waals surface area contributed by atoms with Crippen molar-refractivity contribution in [3.63, 3.8) is 0 Å². The van der Waals surface area contributed by atoms with E-state index >= 15 is 0 Å². The summed E-state index contributed by atoms with van der Waals surface area (Å²) in [5.74, 6) is -0.481. The predicted octanol–water partition coefficient (Wildman–Crippen LogP) is 5.10. The summed E-state index contributed by atoms with van der Waals surface area (Å²) >= 11 is 0. The van der Waals surface area contributed by atoms with Crippen LogP contribution in [0, 0.1) is 17.8 Å². The first-order valence-corrected chi connectivity index (χ1v) is 21.8. The van der Waals surface area contributed by atoms with Gasteiger partial charge in [0.05, 0.1) is 31.5 Å². The number of rotatable bonds is 24. The molecule has 2 aliphatic heterocycles.